The summed E-state index contributed by atoms with van der Waals surface area (Å²) < 4.78 is 6.14. The lowest BCUT2D eigenvalue weighted by Gasteiger charge is -2.38. The van der Waals surface area contributed by atoms with E-state index in [0.717, 1.165) is 37.1 Å². The van der Waals surface area contributed by atoms with Crippen molar-refractivity contribution >= 4 is 5.69 Å². The van der Waals surface area contributed by atoms with E-state index in [2.05, 4.69) is 11.9 Å². The fraction of sp³-hybridized carbons (Fsp3) is 0.688. The maximum Gasteiger partial charge on any atom is 0.0835 e. The van der Waals surface area contributed by atoms with E-state index >= 15 is 0 Å². The van der Waals surface area contributed by atoms with Crippen molar-refractivity contribution in [3.63, 3.8) is 0 Å². The molecular formula is C16H27N3O. The normalized spacial score (nSPS) is 20.3. The van der Waals surface area contributed by atoms with Gasteiger partial charge in [-0.15, -0.1) is 0 Å². The number of anilines is 1. The molecule has 1 saturated carbocycles. The molecule has 0 bridgehead atoms. The zero-order chi connectivity index (χ0) is 14.4. The highest BCUT2D eigenvalue weighted by Crippen LogP contribution is 2.34. The van der Waals surface area contributed by atoms with E-state index in [1.165, 1.54) is 25.7 Å². The Kier molecular flexibility index (Phi) is 5.38. The van der Waals surface area contributed by atoms with Crippen molar-refractivity contribution in [1.82, 2.24) is 4.98 Å². The summed E-state index contributed by atoms with van der Waals surface area (Å²) in [6.45, 7) is 2.77. The molecule has 0 amide bonds. The third kappa shape index (κ3) is 3.49. The summed E-state index contributed by atoms with van der Waals surface area (Å²) in [4.78, 5) is 4.15. The minimum atomic E-state index is -0.187. The molecule has 112 valence electrons. The highest BCUT2D eigenvalue weighted by molar-refractivity contribution is 5.44. The Bertz CT molecular complexity index is 414. The van der Waals surface area contributed by atoms with E-state index in [1.54, 1.807) is 6.20 Å². The van der Waals surface area contributed by atoms with E-state index in [9.17, 15) is 0 Å². The number of rotatable bonds is 5. The highest BCUT2D eigenvalue weighted by atomic mass is 16.5. The standard InChI is InChI=1S/C16H27N3O/c1-2-20-16(8-5-3-4-6-9-16)15(18)11-13-12-19-10-7-14(13)17/h7,10,12,15H,2-6,8-9,11,18H2,1H3,(H2,17,19). The zero-order valence-corrected chi connectivity index (χ0v) is 12.5. The van der Waals surface area contributed by atoms with Gasteiger partial charge in [-0.1, -0.05) is 25.7 Å². The summed E-state index contributed by atoms with van der Waals surface area (Å²) in [5.41, 5.74) is 14.2. The average Bonchev–Trinajstić information content (AvgIpc) is 2.68. The molecule has 4 nitrogen and oxygen atoms in total. The Morgan fingerprint density at radius 1 is 1.30 bits per heavy atom. The second-order valence-electron chi connectivity index (χ2n) is 5.80. The summed E-state index contributed by atoms with van der Waals surface area (Å²) in [6, 6.07) is 1.81. The minimum Gasteiger partial charge on any atom is -0.398 e. The lowest BCUT2D eigenvalue weighted by atomic mass is 9.83. The van der Waals surface area contributed by atoms with Crippen LogP contribution in [-0.4, -0.2) is 23.2 Å². The molecule has 4 N–H and O–H groups in total. The molecule has 4 heteroatoms. The first-order valence-electron chi connectivity index (χ1n) is 7.76. The van der Waals surface area contributed by atoms with Gasteiger partial charge in [0.05, 0.1) is 5.60 Å². The summed E-state index contributed by atoms with van der Waals surface area (Å²) in [5.74, 6) is 0. The Morgan fingerprint density at radius 2 is 2.00 bits per heavy atom. The van der Waals surface area contributed by atoms with Crippen LogP contribution in [0.4, 0.5) is 5.69 Å². The predicted octanol–water partition coefficient (Wildman–Crippen LogP) is 2.66. The number of nitrogens with two attached hydrogens (primary N) is 2. The number of hydrogen-bond acceptors (Lipinski definition) is 4. The monoisotopic (exact) mass is 277 g/mol. The van der Waals surface area contributed by atoms with Crippen LogP contribution < -0.4 is 11.5 Å². The van der Waals surface area contributed by atoms with Crippen LogP contribution >= 0.6 is 0 Å². The summed E-state index contributed by atoms with van der Waals surface area (Å²) in [5, 5.41) is 0. The Morgan fingerprint density at radius 3 is 2.60 bits per heavy atom. The van der Waals surface area contributed by atoms with Crippen LogP contribution in [0.5, 0.6) is 0 Å². The maximum absolute atomic E-state index is 6.53. The van der Waals surface area contributed by atoms with Crippen LogP contribution in [0, 0.1) is 0 Å². The molecule has 1 unspecified atom stereocenters. The molecule has 1 atom stereocenters. The molecule has 0 aliphatic heterocycles. The SMILES string of the molecule is CCOC1(C(N)Cc2cnccc2N)CCCCCC1. The lowest BCUT2D eigenvalue weighted by Crippen LogP contribution is -2.51. The van der Waals surface area contributed by atoms with Gasteiger partial charge >= 0.3 is 0 Å². The van der Waals surface area contributed by atoms with E-state index in [4.69, 9.17) is 16.2 Å². The van der Waals surface area contributed by atoms with Crippen LogP contribution in [0.3, 0.4) is 0 Å². The first-order valence-corrected chi connectivity index (χ1v) is 7.76. The Balaban J connectivity index is 2.14. The van der Waals surface area contributed by atoms with Gasteiger partial charge < -0.3 is 16.2 Å². The Hall–Kier alpha value is -1.13. The summed E-state index contributed by atoms with van der Waals surface area (Å²) in [6.07, 6.45) is 11.4. The van der Waals surface area contributed by atoms with Gasteiger partial charge in [0, 0.05) is 30.7 Å². The molecule has 1 aliphatic carbocycles. The number of nitrogen functional groups attached to an aromatic ring is 1. The predicted molar refractivity (Wildman–Crippen MR) is 82.4 cm³/mol. The molecule has 0 spiro atoms. The van der Waals surface area contributed by atoms with Crippen LogP contribution in [0.25, 0.3) is 0 Å². The Labute approximate surface area is 121 Å². The van der Waals surface area contributed by atoms with Crippen molar-refractivity contribution in [2.75, 3.05) is 12.3 Å². The lowest BCUT2D eigenvalue weighted by molar-refractivity contribution is -0.0683. The summed E-state index contributed by atoms with van der Waals surface area (Å²) >= 11 is 0. The molecule has 2 rings (SSSR count). The van der Waals surface area contributed by atoms with E-state index in [0.29, 0.717) is 0 Å². The van der Waals surface area contributed by atoms with E-state index in [1.807, 2.05) is 12.3 Å². The average molecular weight is 277 g/mol. The van der Waals surface area contributed by atoms with Crippen molar-refractivity contribution in [1.29, 1.82) is 0 Å². The smallest absolute Gasteiger partial charge is 0.0835 e. The second kappa shape index (κ2) is 7.04. The molecule has 1 aromatic heterocycles. The zero-order valence-electron chi connectivity index (χ0n) is 12.5. The second-order valence-corrected chi connectivity index (χ2v) is 5.80. The van der Waals surface area contributed by atoms with Crippen LogP contribution in [0.15, 0.2) is 18.5 Å². The molecule has 1 aliphatic rings. The number of pyridine rings is 1. The van der Waals surface area contributed by atoms with Crippen LogP contribution in [0.2, 0.25) is 0 Å². The van der Waals surface area contributed by atoms with Gasteiger partial charge in [0.2, 0.25) is 0 Å². The fourth-order valence-corrected chi connectivity index (χ4v) is 3.27. The largest absolute Gasteiger partial charge is 0.398 e. The molecule has 0 aromatic carbocycles. The molecule has 1 fully saturated rings. The molecule has 0 saturated heterocycles. The van der Waals surface area contributed by atoms with Gasteiger partial charge in [-0.2, -0.15) is 0 Å². The van der Waals surface area contributed by atoms with Gasteiger partial charge in [0.25, 0.3) is 0 Å². The summed E-state index contributed by atoms with van der Waals surface area (Å²) in [7, 11) is 0. The van der Waals surface area contributed by atoms with Crippen LogP contribution in [0.1, 0.15) is 51.0 Å². The fourth-order valence-electron chi connectivity index (χ4n) is 3.27. The van der Waals surface area contributed by atoms with Gasteiger partial charge in [0.1, 0.15) is 0 Å². The van der Waals surface area contributed by atoms with Crippen molar-refractivity contribution in [2.24, 2.45) is 5.73 Å². The molecule has 0 radical (unpaired) electrons. The molecule has 1 heterocycles. The minimum absolute atomic E-state index is 0.0213. The van der Waals surface area contributed by atoms with Crippen molar-refractivity contribution in [2.45, 2.75) is 63.5 Å². The van der Waals surface area contributed by atoms with Crippen LogP contribution in [-0.2, 0) is 11.2 Å². The van der Waals surface area contributed by atoms with Gasteiger partial charge in [-0.25, -0.2) is 0 Å². The molecule has 1 aromatic rings. The third-order valence-electron chi connectivity index (χ3n) is 4.44. The van der Waals surface area contributed by atoms with Gasteiger partial charge in [-0.05, 0) is 37.8 Å². The molecule has 20 heavy (non-hydrogen) atoms. The topological polar surface area (TPSA) is 74.2 Å². The highest BCUT2D eigenvalue weighted by Gasteiger charge is 2.37. The van der Waals surface area contributed by atoms with E-state index in [-0.39, 0.29) is 11.6 Å². The molecular weight excluding hydrogens is 250 g/mol. The van der Waals surface area contributed by atoms with Crippen molar-refractivity contribution in [3.8, 4) is 0 Å². The number of ether oxygens (including phenoxy) is 1. The van der Waals surface area contributed by atoms with Crippen molar-refractivity contribution < 1.29 is 4.74 Å². The van der Waals surface area contributed by atoms with Crippen molar-refractivity contribution in [3.05, 3.63) is 24.0 Å². The number of nitrogens with zero attached hydrogens (tertiary/aromatic N) is 1. The van der Waals surface area contributed by atoms with Gasteiger partial charge in [0.15, 0.2) is 0 Å². The number of aromatic nitrogens is 1. The maximum atomic E-state index is 6.53. The number of hydrogen-bond donors (Lipinski definition) is 2. The first-order chi connectivity index (χ1) is 9.68. The van der Waals surface area contributed by atoms with Gasteiger partial charge in [-0.3, -0.25) is 4.98 Å². The van der Waals surface area contributed by atoms with E-state index < -0.39 is 0 Å². The first kappa shape index (κ1) is 15.3. The quantitative estimate of drug-likeness (QED) is 0.811. The third-order valence-corrected chi connectivity index (χ3v) is 4.44.